The zero-order chi connectivity index (χ0) is 15.2. The highest BCUT2D eigenvalue weighted by molar-refractivity contribution is 5.27. The van der Waals surface area contributed by atoms with E-state index in [1.165, 1.54) is 0 Å². The van der Waals surface area contributed by atoms with Gasteiger partial charge in [0.25, 0.3) is 6.01 Å². The third-order valence-corrected chi connectivity index (χ3v) is 3.07. The van der Waals surface area contributed by atoms with Crippen molar-refractivity contribution in [3.63, 3.8) is 0 Å². The molecule has 0 saturated carbocycles. The fourth-order valence-corrected chi connectivity index (χ4v) is 2.04. The molecule has 0 unspecified atom stereocenters. The van der Waals surface area contributed by atoms with Crippen LogP contribution in [-0.4, -0.2) is 23.6 Å². The zero-order valence-electron chi connectivity index (χ0n) is 13.3. The second-order valence-corrected chi connectivity index (χ2v) is 5.77. The lowest BCUT2D eigenvalue weighted by Crippen LogP contribution is -2.20. The SMILES string of the molecule is Cc1cccc(CN(C)c2nc(CNCC(C)C)co2)n1. The maximum Gasteiger partial charge on any atom is 0.297 e. The van der Waals surface area contributed by atoms with Crippen molar-refractivity contribution in [1.29, 1.82) is 0 Å². The van der Waals surface area contributed by atoms with Gasteiger partial charge in [-0.3, -0.25) is 4.98 Å². The number of hydrogen-bond acceptors (Lipinski definition) is 5. The number of rotatable bonds is 7. The standard InChI is InChI=1S/C16H24N4O/c1-12(2)8-17-9-15-11-21-16(19-15)20(4)10-14-7-5-6-13(3)18-14/h5-7,11-12,17H,8-10H2,1-4H3. The van der Waals surface area contributed by atoms with Crippen molar-refractivity contribution in [2.75, 3.05) is 18.5 Å². The molecule has 0 saturated heterocycles. The molecule has 0 amide bonds. The molecule has 0 fully saturated rings. The van der Waals surface area contributed by atoms with Gasteiger partial charge in [0.05, 0.1) is 17.9 Å². The molecule has 0 spiro atoms. The number of anilines is 1. The summed E-state index contributed by atoms with van der Waals surface area (Å²) in [6, 6.07) is 6.65. The van der Waals surface area contributed by atoms with E-state index < -0.39 is 0 Å². The van der Waals surface area contributed by atoms with Crippen molar-refractivity contribution < 1.29 is 4.42 Å². The maximum atomic E-state index is 5.53. The van der Waals surface area contributed by atoms with Crippen LogP contribution in [0.2, 0.25) is 0 Å². The number of aromatic nitrogens is 2. The highest BCUT2D eigenvalue weighted by atomic mass is 16.4. The monoisotopic (exact) mass is 288 g/mol. The minimum Gasteiger partial charge on any atom is -0.432 e. The van der Waals surface area contributed by atoms with E-state index in [0.717, 1.165) is 30.2 Å². The van der Waals surface area contributed by atoms with Gasteiger partial charge >= 0.3 is 0 Å². The van der Waals surface area contributed by atoms with Gasteiger partial charge in [0.1, 0.15) is 6.26 Å². The van der Waals surface area contributed by atoms with Crippen molar-refractivity contribution in [1.82, 2.24) is 15.3 Å². The van der Waals surface area contributed by atoms with Crippen LogP contribution >= 0.6 is 0 Å². The fraction of sp³-hybridized carbons (Fsp3) is 0.500. The third kappa shape index (κ3) is 4.86. The van der Waals surface area contributed by atoms with Crippen molar-refractivity contribution >= 4 is 6.01 Å². The lowest BCUT2D eigenvalue weighted by Gasteiger charge is -2.13. The molecule has 2 heterocycles. The number of pyridine rings is 1. The lowest BCUT2D eigenvalue weighted by atomic mass is 10.2. The van der Waals surface area contributed by atoms with Gasteiger partial charge < -0.3 is 14.6 Å². The van der Waals surface area contributed by atoms with Gasteiger partial charge in [0.15, 0.2) is 0 Å². The second kappa shape index (κ2) is 7.22. The van der Waals surface area contributed by atoms with Gasteiger partial charge in [-0.1, -0.05) is 19.9 Å². The number of nitrogens with zero attached hydrogens (tertiary/aromatic N) is 3. The smallest absolute Gasteiger partial charge is 0.297 e. The Balaban J connectivity index is 1.91. The summed E-state index contributed by atoms with van der Waals surface area (Å²) < 4.78 is 5.53. The Morgan fingerprint density at radius 2 is 2.05 bits per heavy atom. The number of oxazole rings is 1. The van der Waals surface area contributed by atoms with Crippen molar-refractivity contribution in [2.24, 2.45) is 5.92 Å². The molecule has 5 heteroatoms. The van der Waals surface area contributed by atoms with E-state index >= 15 is 0 Å². The van der Waals surface area contributed by atoms with E-state index in [-0.39, 0.29) is 0 Å². The van der Waals surface area contributed by atoms with Crippen molar-refractivity contribution in [3.8, 4) is 0 Å². The molecule has 21 heavy (non-hydrogen) atoms. The number of aryl methyl sites for hydroxylation is 1. The van der Waals surface area contributed by atoms with Crippen LogP contribution in [0.4, 0.5) is 6.01 Å². The predicted octanol–water partition coefficient (Wildman–Crippen LogP) is 2.76. The largest absolute Gasteiger partial charge is 0.432 e. The van der Waals surface area contributed by atoms with Gasteiger partial charge in [0, 0.05) is 19.3 Å². The summed E-state index contributed by atoms with van der Waals surface area (Å²) in [5, 5.41) is 3.36. The van der Waals surface area contributed by atoms with Crippen LogP contribution in [0.3, 0.4) is 0 Å². The van der Waals surface area contributed by atoms with Crippen molar-refractivity contribution in [3.05, 3.63) is 41.5 Å². The first kappa shape index (κ1) is 15.5. The Kier molecular flexibility index (Phi) is 5.33. The van der Waals surface area contributed by atoms with Gasteiger partial charge in [-0.15, -0.1) is 0 Å². The number of hydrogen-bond donors (Lipinski definition) is 1. The molecule has 0 aromatic carbocycles. The third-order valence-electron chi connectivity index (χ3n) is 3.07. The van der Waals surface area contributed by atoms with Gasteiger partial charge in [0.2, 0.25) is 0 Å². The quantitative estimate of drug-likeness (QED) is 0.849. The van der Waals surface area contributed by atoms with Crippen LogP contribution in [-0.2, 0) is 13.1 Å². The summed E-state index contributed by atoms with van der Waals surface area (Å²) >= 11 is 0. The molecule has 0 bridgehead atoms. The fourth-order valence-electron chi connectivity index (χ4n) is 2.04. The second-order valence-electron chi connectivity index (χ2n) is 5.77. The van der Waals surface area contributed by atoms with E-state index in [1.54, 1.807) is 6.26 Å². The van der Waals surface area contributed by atoms with Gasteiger partial charge in [-0.2, -0.15) is 4.98 Å². The molecule has 0 aliphatic carbocycles. The summed E-state index contributed by atoms with van der Waals surface area (Å²) in [4.78, 5) is 11.0. The Morgan fingerprint density at radius 1 is 1.24 bits per heavy atom. The minimum absolute atomic E-state index is 0.625. The van der Waals surface area contributed by atoms with E-state index in [2.05, 4.69) is 29.1 Å². The molecule has 1 N–H and O–H groups in total. The first-order valence-electron chi connectivity index (χ1n) is 7.33. The van der Waals surface area contributed by atoms with E-state index in [0.29, 0.717) is 18.5 Å². The van der Waals surface area contributed by atoms with E-state index in [1.807, 2.05) is 37.1 Å². The summed E-state index contributed by atoms with van der Waals surface area (Å²) in [6.45, 7) is 8.76. The normalized spacial score (nSPS) is 11.1. The van der Waals surface area contributed by atoms with Gasteiger partial charge in [-0.25, -0.2) is 0 Å². The van der Waals surface area contributed by atoms with Crippen LogP contribution in [0.15, 0.2) is 28.9 Å². The molecule has 0 radical (unpaired) electrons. The molecule has 2 aromatic heterocycles. The van der Waals surface area contributed by atoms with Crippen LogP contribution in [0, 0.1) is 12.8 Å². The molecule has 0 aliphatic heterocycles. The number of nitrogens with one attached hydrogen (secondary N) is 1. The lowest BCUT2D eigenvalue weighted by molar-refractivity contribution is 0.534. The van der Waals surface area contributed by atoms with E-state index in [4.69, 9.17) is 4.42 Å². The first-order valence-corrected chi connectivity index (χ1v) is 7.33. The Hall–Kier alpha value is -1.88. The Bertz CT molecular complexity index is 565. The summed E-state index contributed by atoms with van der Waals surface area (Å²) in [6.07, 6.45) is 1.71. The van der Waals surface area contributed by atoms with E-state index in [9.17, 15) is 0 Å². The summed E-state index contributed by atoms with van der Waals surface area (Å²) in [7, 11) is 1.96. The highest BCUT2D eigenvalue weighted by Gasteiger charge is 2.10. The van der Waals surface area contributed by atoms with Crippen LogP contribution in [0.25, 0.3) is 0 Å². The molecule has 5 nitrogen and oxygen atoms in total. The maximum absolute atomic E-state index is 5.53. The van der Waals surface area contributed by atoms with Crippen molar-refractivity contribution in [2.45, 2.75) is 33.9 Å². The molecule has 114 valence electrons. The molecular weight excluding hydrogens is 264 g/mol. The summed E-state index contributed by atoms with van der Waals surface area (Å²) in [5.74, 6) is 0.631. The van der Waals surface area contributed by atoms with Crippen LogP contribution in [0.5, 0.6) is 0 Å². The van der Waals surface area contributed by atoms with Crippen LogP contribution < -0.4 is 10.2 Å². The van der Waals surface area contributed by atoms with Crippen LogP contribution in [0.1, 0.15) is 30.9 Å². The average molecular weight is 288 g/mol. The Labute approximate surface area is 126 Å². The first-order chi connectivity index (χ1) is 10.0. The molecule has 0 aliphatic rings. The molecule has 0 atom stereocenters. The summed E-state index contributed by atoms with van der Waals surface area (Å²) in [5.41, 5.74) is 2.96. The Morgan fingerprint density at radius 3 is 2.76 bits per heavy atom. The van der Waals surface area contributed by atoms with Gasteiger partial charge in [-0.05, 0) is 31.5 Å². The minimum atomic E-state index is 0.625. The molecule has 2 rings (SSSR count). The topological polar surface area (TPSA) is 54.2 Å². The zero-order valence-corrected chi connectivity index (χ0v) is 13.3. The average Bonchev–Trinajstić information content (AvgIpc) is 2.87. The highest BCUT2D eigenvalue weighted by Crippen LogP contribution is 2.14. The molecule has 2 aromatic rings. The molecular formula is C16H24N4O. The predicted molar refractivity (Wildman–Crippen MR) is 84.1 cm³/mol.